The van der Waals surface area contributed by atoms with E-state index in [1.807, 2.05) is 48.5 Å². The molecule has 188 valence electrons. The Morgan fingerprint density at radius 3 is 2.78 bits per heavy atom. The largest absolute Gasteiger partial charge is 0.491 e. The van der Waals surface area contributed by atoms with E-state index in [-0.39, 0.29) is 12.1 Å². The zero-order chi connectivity index (χ0) is 25.5. The first-order valence-corrected chi connectivity index (χ1v) is 12.2. The molecule has 0 aliphatic carbocycles. The summed E-state index contributed by atoms with van der Waals surface area (Å²) < 4.78 is 26.5. The Morgan fingerprint density at radius 1 is 1.16 bits per heavy atom. The number of aromatic nitrogens is 3. The summed E-state index contributed by atoms with van der Waals surface area (Å²) in [7, 11) is 1.59. The predicted molar refractivity (Wildman–Crippen MR) is 137 cm³/mol. The molecule has 4 aromatic rings. The van der Waals surface area contributed by atoms with Crippen molar-refractivity contribution >= 4 is 11.6 Å². The lowest BCUT2D eigenvalue weighted by Gasteiger charge is -2.19. The van der Waals surface area contributed by atoms with Crippen LogP contribution in [0, 0.1) is 0 Å². The first-order chi connectivity index (χ1) is 18.0. The summed E-state index contributed by atoms with van der Waals surface area (Å²) in [5, 5.41) is 8.20. The zero-order valence-corrected chi connectivity index (χ0v) is 20.4. The summed E-state index contributed by atoms with van der Waals surface area (Å²) in [5.41, 5.74) is 5.34. The first-order valence-electron chi connectivity index (χ1n) is 12.2. The average Bonchev–Trinajstić information content (AvgIpc) is 3.65. The van der Waals surface area contributed by atoms with Crippen molar-refractivity contribution < 1.29 is 18.7 Å². The maximum atomic E-state index is 13.3. The minimum absolute atomic E-state index is 0.0155. The predicted octanol–water partition coefficient (Wildman–Crippen LogP) is 4.18. The highest BCUT2D eigenvalue weighted by Gasteiger charge is 2.32. The van der Waals surface area contributed by atoms with Crippen LogP contribution < -0.4 is 14.8 Å². The number of ether oxygens (including phenoxy) is 2. The molecule has 2 aliphatic rings. The molecule has 2 aromatic heterocycles. The van der Waals surface area contributed by atoms with E-state index in [1.54, 1.807) is 17.7 Å². The highest BCUT2D eigenvalue weighted by molar-refractivity contribution is 5.90. The number of amides is 1. The minimum Gasteiger partial charge on any atom is -0.491 e. The minimum atomic E-state index is -0.918. The number of methoxy groups -OCH3 is 1. The quantitative estimate of drug-likeness (QED) is 0.401. The highest BCUT2D eigenvalue weighted by Crippen LogP contribution is 2.39. The number of carbonyl (C=O) groups excluding carboxylic acids is 1. The standard InChI is InChI=1S/C28H26FN5O3/c1-17(29)28(35)33-13-12-20(15-33)30-22-16-37-23-14-19(8-9-21(22)23)26-27(18-6-4-3-5-7-18)34-24(31-26)10-11-25(32-34)36-2/h3-11,14,20,22,30H,1,12-13,15-16H2,2H3/t20?,22-/m0/s1. The van der Waals surface area contributed by atoms with Crippen LogP contribution in [0.2, 0.25) is 0 Å². The van der Waals surface area contributed by atoms with Crippen LogP contribution in [0.4, 0.5) is 4.39 Å². The topological polar surface area (TPSA) is 81.0 Å². The van der Waals surface area contributed by atoms with Gasteiger partial charge in [-0.05, 0) is 18.6 Å². The van der Waals surface area contributed by atoms with Crippen LogP contribution in [0.1, 0.15) is 18.0 Å². The summed E-state index contributed by atoms with van der Waals surface area (Å²) in [5.74, 6) is -0.258. The van der Waals surface area contributed by atoms with Crippen LogP contribution in [0.5, 0.6) is 11.6 Å². The van der Waals surface area contributed by atoms with Crippen molar-refractivity contribution in [1.29, 1.82) is 0 Å². The second kappa shape index (κ2) is 9.33. The van der Waals surface area contributed by atoms with Crippen LogP contribution in [0.15, 0.2) is 73.1 Å². The highest BCUT2D eigenvalue weighted by atomic mass is 19.1. The van der Waals surface area contributed by atoms with E-state index in [2.05, 4.69) is 23.1 Å². The molecule has 1 fully saturated rings. The average molecular weight is 500 g/mol. The van der Waals surface area contributed by atoms with E-state index < -0.39 is 11.7 Å². The van der Waals surface area contributed by atoms with Crippen molar-refractivity contribution in [2.75, 3.05) is 26.8 Å². The van der Waals surface area contributed by atoms with Crippen LogP contribution in [-0.2, 0) is 4.79 Å². The molecule has 4 heterocycles. The summed E-state index contributed by atoms with van der Waals surface area (Å²) in [6.07, 6.45) is 0.751. The van der Waals surface area contributed by atoms with Gasteiger partial charge < -0.3 is 19.7 Å². The van der Waals surface area contributed by atoms with E-state index in [9.17, 15) is 9.18 Å². The number of likely N-dealkylation sites (tertiary alicyclic amines) is 1. The molecule has 1 unspecified atom stereocenters. The molecular formula is C28H26FN5O3. The van der Waals surface area contributed by atoms with Crippen LogP contribution in [-0.4, -0.2) is 58.3 Å². The lowest BCUT2D eigenvalue weighted by atomic mass is 10.0. The summed E-state index contributed by atoms with van der Waals surface area (Å²) in [6, 6.07) is 19.9. The first kappa shape index (κ1) is 23.2. The van der Waals surface area contributed by atoms with Gasteiger partial charge in [0.2, 0.25) is 5.88 Å². The van der Waals surface area contributed by atoms with Crippen molar-refractivity contribution in [1.82, 2.24) is 24.8 Å². The molecule has 0 spiro atoms. The third-order valence-electron chi connectivity index (χ3n) is 6.92. The SMILES string of the molecule is C=C(F)C(=O)N1CCC(N[C@H]2COc3cc(-c4nc5ccc(OC)nn5c4-c4ccccc4)ccc32)C1. The Bertz CT molecular complexity index is 1500. The monoisotopic (exact) mass is 499 g/mol. The van der Waals surface area contributed by atoms with E-state index in [4.69, 9.17) is 14.5 Å². The third kappa shape index (κ3) is 4.21. The number of rotatable bonds is 6. The van der Waals surface area contributed by atoms with Gasteiger partial charge >= 0.3 is 0 Å². The number of hydrogen-bond donors (Lipinski definition) is 1. The molecule has 2 aromatic carbocycles. The van der Waals surface area contributed by atoms with Crippen molar-refractivity contribution in [3.63, 3.8) is 0 Å². The Kier molecular flexibility index (Phi) is 5.84. The van der Waals surface area contributed by atoms with Crippen molar-refractivity contribution in [3.8, 4) is 34.1 Å². The number of hydrogen-bond acceptors (Lipinski definition) is 6. The van der Waals surface area contributed by atoms with Gasteiger partial charge in [-0.2, -0.15) is 0 Å². The van der Waals surface area contributed by atoms with E-state index >= 15 is 0 Å². The second-order valence-electron chi connectivity index (χ2n) is 9.25. The molecule has 0 bridgehead atoms. The zero-order valence-electron chi connectivity index (χ0n) is 20.4. The van der Waals surface area contributed by atoms with Gasteiger partial charge in [0.1, 0.15) is 18.1 Å². The number of benzene rings is 2. The Labute approximate surface area is 213 Å². The van der Waals surface area contributed by atoms with Crippen molar-refractivity contribution in [2.45, 2.75) is 18.5 Å². The normalized spacial score (nSPS) is 18.6. The number of carbonyl (C=O) groups is 1. The van der Waals surface area contributed by atoms with Gasteiger partial charge in [0.25, 0.3) is 5.91 Å². The van der Waals surface area contributed by atoms with Gasteiger partial charge in [0, 0.05) is 41.9 Å². The molecule has 9 heteroatoms. The van der Waals surface area contributed by atoms with Gasteiger partial charge in [0.15, 0.2) is 11.5 Å². The van der Waals surface area contributed by atoms with Gasteiger partial charge in [-0.1, -0.05) is 49.0 Å². The van der Waals surface area contributed by atoms with E-state index in [0.717, 1.165) is 40.2 Å². The Morgan fingerprint density at radius 2 is 2.00 bits per heavy atom. The number of nitrogens with zero attached hydrogens (tertiary/aromatic N) is 4. The van der Waals surface area contributed by atoms with Gasteiger partial charge in [-0.25, -0.2) is 13.9 Å². The number of imidazole rings is 1. The van der Waals surface area contributed by atoms with E-state index in [1.165, 1.54) is 4.90 Å². The fourth-order valence-electron chi connectivity index (χ4n) is 5.11. The molecule has 8 nitrogen and oxygen atoms in total. The lowest BCUT2D eigenvalue weighted by molar-refractivity contribution is -0.127. The second-order valence-corrected chi connectivity index (χ2v) is 9.25. The molecular weight excluding hydrogens is 473 g/mol. The smallest absolute Gasteiger partial charge is 0.282 e. The maximum Gasteiger partial charge on any atom is 0.282 e. The number of nitrogens with one attached hydrogen (secondary N) is 1. The van der Waals surface area contributed by atoms with E-state index in [0.29, 0.717) is 31.2 Å². The molecule has 0 radical (unpaired) electrons. The molecule has 1 N–H and O–H groups in total. The Hall–Kier alpha value is -4.24. The summed E-state index contributed by atoms with van der Waals surface area (Å²) >= 11 is 0. The van der Waals surface area contributed by atoms with Gasteiger partial charge in [-0.3, -0.25) is 4.79 Å². The molecule has 2 atom stereocenters. The fraction of sp³-hybridized carbons (Fsp3) is 0.250. The molecule has 37 heavy (non-hydrogen) atoms. The number of halogens is 1. The summed E-state index contributed by atoms with van der Waals surface area (Å²) in [4.78, 5) is 18.3. The number of fused-ring (bicyclic) bond motifs is 2. The van der Waals surface area contributed by atoms with Crippen molar-refractivity contribution in [2.24, 2.45) is 0 Å². The van der Waals surface area contributed by atoms with Crippen LogP contribution >= 0.6 is 0 Å². The summed E-state index contributed by atoms with van der Waals surface area (Å²) in [6.45, 7) is 4.56. The van der Waals surface area contributed by atoms with Crippen LogP contribution in [0.3, 0.4) is 0 Å². The van der Waals surface area contributed by atoms with Gasteiger partial charge in [-0.15, -0.1) is 5.10 Å². The molecule has 1 saturated heterocycles. The molecule has 1 amide bonds. The molecule has 0 saturated carbocycles. The third-order valence-corrected chi connectivity index (χ3v) is 6.92. The fourth-order valence-corrected chi connectivity index (χ4v) is 5.11. The van der Waals surface area contributed by atoms with Crippen LogP contribution in [0.25, 0.3) is 28.2 Å². The maximum absolute atomic E-state index is 13.3. The molecule has 6 rings (SSSR count). The molecule has 2 aliphatic heterocycles. The van der Waals surface area contributed by atoms with Crippen molar-refractivity contribution in [3.05, 3.63) is 78.6 Å². The van der Waals surface area contributed by atoms with Gasteiger partial charge in [0.05, 0.1) is 18.8 Å². The lowest BCUT2D eigenvalue weighted by Crippen LogP contribution is -2.37. The Balaban J connectivity index is 1.30.